The molecular formula is C8H7BO3S2. The Hall–Kier alpha value is -0.685. The second-order valence-electron chi connectivity index (χ2n) is 2.87. The minimum atomic E-state index is -1.47. The van der Waals surface area contributed by atoms with Gasteiger partial charge in [-0.2, -0.15) is 0 Å². The molecule has 0 aliphatic heterocycles. The lowest BCUT2D eigenvalue weighted by atomic mass is 9.89. The van der Waals surface area contributed by atoms with E-state index in [1.165, 1.54) is 17.4 Å². The summed E-state index contributed by atoms with van der Waals surface area (Å²) in [5.41, 5.74) is 0. The highest BCUT2D eigenvalue weighted by atomic mass is 32.1. The smallest absolute Gasteiger partial charge is 0.499 e. The van der Waals surface area contributed by atoms with Gasteiger partial charge in [0.05, 0.1) is 4.90 Å². The molecule has 0 saturated carbocycles. The van der Waals surface area contributed by atoms with Gasteiger partial charge < -0.3 is 15.2 Å². The Morgan fingerprint density at radius 3 is 2.64 bits per heavy atom. The van der Waals surface area contributed by atoms with Crippen molar-refractivity contribution < 1.29 is 15.2 Å². The Balaban J connectivity index is 2.71. The Morgan fingerprint density at radius 2 is 2.00 bits per heavy atom. The number of aromatic hydroxyl groups is 1. The standard InChI is InChI=1S/C8H7BO3S2/c10-5-1-2-6-4(8(5)13)3-7(14-6)9(11)12/h1-3,10-13H. The fraction of sp³-hybridized carbons (Fsp3) is 0. The van der Waals surface area contributed by atoms with Crippen molar-refractivity contribution in [3.63, 3.8) is 0 Å². The van der Waals surface area contributed by atoms with Crippen LogP contribution in [0.3, 0.4) is 0 Å². The van der Waals surface area contributed by atoms with E-state index in [1.54, 1.807) is 12.1 Å². The fourth-order valence-corrected chi connectivity index (χ4v) is 2.51. The zero-order chi connectivity index (χ0) is 10.3. The third kappa shape index (κ3) is 1.50. The van der Waals surface area contributed by atoms with Crippen molar-refractivity contribution in [1.29, 1.82) is 0 Å². The van der Waals surface area contributed by atoms with E-state index >= 15 is 0 Å². The molecule has 1 aromatic carbocycles. The maximum absolute atomic E-state index is 9.37. The average Bonchev–Trinajstić information content (AvgIpc) is 2.56. The van der Waals surface area contributed by atoms with E-state index in [9.17, 15) is 5.11 Å². The maximum atomic E-state index is 9.37. The van der Waals surface area contributed by atoms with Gasteiger partial charge in [-0.05, 0) is 18.2 Å². The van der Waals surface area contributed by atoms with Gasteiger partial charge in [-0.25, -0.2) is 0 Å². The number of phenolic OH excluding ortho intramolecular Hbond substituents is 1. The van der Waals surface area contributed by atoms with Gasteiger partial charge in [0, 0.05) is 14.9 Å². The van der Waals surface area contributed by atoms with Gasteiger partial charge in [-0.15, -0.1) is 24.0 Å². The lowest BCUT2D eigenvalue weighted by Crippen LogP contribution is -2.26. The molecule has 1 heterocycles. The number of benzene rings is 1. The van der Waals surface area contributed by atoms with Gasteiger partial charge >= 0.3 is 7.12 Å². The van der Waals surface area contributed by atoms with Crippen molar-refractivity contribution >= 4 is 45.9 Å². The Kier molecular flexibility index (Phi) is 2.44. The van der Waals surface area contributed by atoms with Crippen molar-refractivity contribution in [2.75, 3.05) is 0 Å². The van der Waals surface area contributed by atoms with Crippen molar-refractivity contribution in [2.45, 2.75) is 4.90 Å². The predicted molar refractivity (Wildman–Crippen MR) is 60.6 cm³/mol. The third-order valence-electron chi connectivity index (χ3n) is 1.92. The van der Waals surface area contributed by atoms with Crippen LogP contribution in [0.25, 0.3) is 10.1 Å². The van der Waals surface area contributed by atoms with Gasteiger partial charge in [0.2, 0.25) is 0 Å². The number of hydrogen-bond acceptors (Lipinski definition) is 5. The average molecular weight is 226 g/mol. The van der Waals surface area contributed by atoms with Crippen molar-refractivity contribution in [1.82, 2.24) is 0 Å². The molecule has 2 rings (SSSR count). The second-order valence-corrected chi connectivity index (χ2v) is 4.43. The van der Waals surface area contributed by atoms with E-state index in [1.807, 2.05) is 0 Å². The van der Waals surface area contributed by atoms with Gasteiger partial charge in [0.25, 0.3) is 0 Å². The summed E-state index contributed by atoms with van der Waals surface area (Å²) in [5, 5.41) is 28.0. The van der Waals surface area contributed by atoms with Crippen LogP contribution < -0.4 is 4.78 Å². The van der Waals surface area contributed by atoms with Crippen LogP contribution in [-0.2, 0) is 0 Å². The molecule has 2 aromatic rings. The number of hydrogen-bond donors (Lipinski definition) is 4. The van der Waals surface area contributed by atoms with E-state index in [4.69, 9.17) is 10.0 Å². The summed E-state index contributed by atoms with van der Waals surface area (Å²) >= 11 is 5.41. The lowest BCUT2D eigenvalue weighted by Gasteiger charge is -1.97. The summed E-state index contributed by atoms with van der Waals surface area (Å²) in [6.07, 6.45) is 0. The van der Waals surface area contributed by atoms with Crippen LogP contribution in [0.2, 0.25) is 0 Å². The SMILES string of the molecule is OB(O)c1cc2c(S)c(O)ccc2s1. The molecular weight excluding hydrogens is 219 g/mol. The van der Waals surface area contributed by atoms with Crippen molar-refractivity contribution in [3.8, 4) is 5.75 Å². The lowest BCUT2D eigenvalue weighted by molar-refractivity contribution is 0.427. The highest BCUT2D eigenvalue weighted by Gasteiger charge is 2.16. The monoisotopic (exact) mass is 226 g/mol. The minimum Gasteiger partial charge on any atom is -0.507 e. The predicted octanol–water partition coefficient (Wildman–Crippen LogP) is 0.575. The van der Waals surface area contributed by atoms with Gasteiger partial charge in [0.15, 0.2) is 0 Å². The van der Waals surface area contributed by atoms with E-state index in [0.717, 1.165) is 10.1 Å². The Bertz CT molecular complexity index is 481. The maximum Gasteiger partial charge on any atom is 0.499 e. The molecule has 0 saturated heterocycles. The van der Waals surface area contributed by atoms with Crippen LogP contribution in [0.4, 0.5) is 0 Å². The minimum absolute atomic E-state index is 0.0950. The van der Waals surface area contributed by atoms with Gasteiger partial charge in [-0.3, -0.25) is 0 Å². The molecule has 72 valence electrons. The highest BCUT2D eigenvalue weighted by Crippen LogP contribution is 2.32. The molecule has 3 nitrogen and oxygen atoms in total. The Labute approximate surface area is 90.2 Å². The van der Waals surface area contributed by atoms with Gasteiger partial charge in [0.1, 0.15) is 5.75 Å². The van der Waals surface area contributed by atoms with Crippen molar-refractivity contribution in [3.05, 3.63) is 18.2 Å². The first-order valence-corrected chi connectivity index (χ1v) is 5.16. The third-order valence-corrected chi connectivity index (χ3v) is 3.53. The quantitative estimate of drug-likeness (QED) is 0.425. The molecule has 6 heteroatoms. The molecule has 0 aliphatic carbocycles. The molecule has 0 unspecified atom stereocenters. The van der Waals surface area contributed by atoms with Crippen LogP contribution in [0.15, 0.2) is 23.1 Å². The van der Waals surface area contributed by atoms with E-state index in [0.29, 0.717) is 9.67 Å². The molecule has 0 bridgehead atoms. The first-order chi connectivity index (χ1) is 6.59. The van der Waals surface area contributed by atoms with Crippen LogP contribution in [0.5, 0.6) is 5.75 Å². The second kappa shape index (κ2) is 3.47. The summed E-state index contributed by atoms with van der Waals surface area (Å²) in [7, 11) is -1.47. The summed E-state index contributed by atoms with van der Waals surface area (Å²) in [5.74, 6) is 0.0950. The summed E-state index contributed by atoms with van der Waals surface area (Å²) in [6, 6.07) is 4.88. The molecule has 0 radical (unpaired) electrons. The largest absolute Gasteiger partial charge is 0.507 e. The first kappa shape index (κ1) is 9.85. The number of thiol groups is 1. The Morgan fingerprint density at radius 1 is 1.29 bits per heavy atom. The number of phenols is 1. The van der Waals surface area contributed by atoms with E-state index in [-0.39, 0.29) is 5.75 Å². The van der Waals surface area contributed by atoms with Crippen LogP contribution >= 0.6 is 24.0 Å². The van der Waals surface area contributed by atoms with Crippen LogP contribution in [-0.4, -0.2) is 22.3 Å². The molecule has 1 aromatic heterocycles. The van der Waals surface area contributed by atoms with Crippen molar-refractivity contribution in [2.24, 2.45) is 0 Å². The zero-order valence-corrected chi connectivity index (χ0v) is 8.72. The summed E-state index contributed by atoms with van der Waals surface area (Å²) in [6.45, 7) is 0. The molecule has 14 heavy (non-hydrogen) atoms. The summed E-state index contributed by atoms with van der Waals surface area (Å²) in [4.78, 5) is 0.464. The normalized spacial score (nSPS) is 10.8. The number of fused-ring (bicyclic) bond motifs is 1. The molecule has 0 amide bonds. The number of thiophene rings is 1. The fourth-order valence-electron chi connectivity index (χ4n) is 1.23. The highest BCUT2D eigenvalue weighted by molar-refractivity contribution is 7.80. The first-order valence-electron chi connectivity index (χ1n) is 3.90. The van der Waals surface area contributed by atoms with Gasteiger partial charge in [-0.1, -0.05) is 0 Å². The summed E-state index contributed by atoms with van der Waals surface area (Å²) < 4.78 is 1.32. The van der Waals surface area contributed by atoms with Crippen LogP contribution in [0, 0.1) is 0 Å². The zero-order valence-electron chi connectivity index (χ0n) is 7.01. The topological polar surface area (TPSA) is 60.7 Å². The molecule has 0 aliphatic rings. The number of rotatable bonds is 1. The molecule has 0 atom stereocenters. The molecule has 3 N–H and O–H groups in total. The van der Waals surface area contributed by atoms with E-state index in [2.05, 4.69) is 12.6 Å². The van der Waals surface area contributed by atoms with E-state index < -0.39 is 7.12 Å². The van der Waals surface area contributed by atoms with Crippen LogP contribution in [0.1, 0.15) is 0 Å². The molecule has 0 fully saturated rings. The molecule has 0 spiro atoms.